The third kappa shape index (κ3) is 5.95. The van der Waals surface area contributed by atoms with Gasteiger partial charge in [-0.05, 0) is 48.4 Å². The second-order valence-corrected chi connectivity index (χ2v) is 8.06. The Morgan fingerprint density at radius 2 is 1.67 bits per heavy atom. The molecule has 27 heavy (non-hydrogen) atoms. The highest BCUT2D eigenvalue weighted by Gasteiger charge is 2.12. The van der Waals surface area contributed by atoms with Crippen LogP contribution in [0.25, 0.3) is 0 Å². The Labute approximate surface area is 161 Å². The molecule has 0 radical (unpaired) electrons. The quantitative estimate of drug-likeness (QED) is 0.779. The average Bonchev–Trinajstić information content (AvgIpc) is 2.66. The second kappa shape index (κ2) is 9.36. The van der Waals surface area contributed by atoms with E-state index in [1.165, 1.54) is 4.90 Å². The first-order valence-electron chi connectivity index (χ1n) is 8.72. The van der Waals surface area contributed by atoms with Crippen molar-refractivity contribution in [2.45, 2.75) is 24.7 Å². The van der Waals surface area contributed by atoms with Gasteiger partial charge in [0.1, 0.15) is 0 Å². The lowest BCUT2D eigenvalue weighted by molar-refractivity contribution is 0.0827. The van der Waals surface area contributed by atoms with E-state index in [0.717, 1.165) is 18.4 Å². The molecule has 0 fully saturated rings. The summed E-state index contributed by atoms with van der Waals surface area (Å²) in [6.45, 7) is 2.09. The summed E-state index contributed by atoms with van der Waals surface area (Å²) in [5, 5.41) is 0. The molecule has 0 saturated heterocycles. The van der Waals surface area contributed by atoms with Gasteiger partial charge in [-0.2, -0.15) is 4.72 Å². The number of sulfonamides is 1. The Hall–Kier alpha value is -2.62. The predicted molar refractivity (Wildman–Crippen MR) is 107 cm³/mol. The molecule has 5 nitrogen and oxygen atoms in total. The van der Waals surface area contributed by atoms with E-state index in [4.69, 9.17) is 0 Å². The first-order valence-corrected chi connectivity index (χ1v) is 10.2. The molecule has 2 rings (SSSR count). The molecule has 1 N–H and O–H groups in total. The SMILES string of the molecule is CCCc1ccc(S(=O)(=O)NCC#Cc2ccc(C(=O)N(C)C)cc2)cc1. The smallest absolute Gasteiger partial charge is 0.253 e. The van der Waals surface area contributed by atoms with Crippen molar-refractivity contribution in [2.24, 2.45) is 0 Å². The third-order valence-corrected chi connectivity index (χ3v) is 5.31. The summed E-state index contributed by atoms with van der Waals surface area (Å²) >= 11 is 0. The number of hydrogen-bond donors (Lipinski definition) is 1. The number of hydrogen-bond acceptors (Lipinski definition) is 3. The van der Waals surface area contributed by atoms with E-state index >= 15 is 0 Å². The van der Waals surface area contributed by atoms with Gasteiger partial charge >= 0.3 is 0 Å². The summed E-state index contributed by atoms with van der Waals surface area (Å²) in [5.41, 5.74) is 2.42. The molecule has 0 unspecified atom stereocenters. The molecule has 6 heteroatoms. The summed E-state index contributed by atoms with van der Waals surface area (Å²) in [4.78, 5) is 13.6. The van der Waals surface area contributed by atoms with Crippen LogP contribution in [0, 0.1) is 11.8 Å². The molecule has 0 heterocycles. The summed E-state index contributed by atoms with van der Waals surface area (Å²) in [7, 11) is -0.189. The van der Waals surface area contributed by atoms with Crippen molar-refractivity contribution in [2.75, 3.05) is 20.6 Å². The molecular formula is C21H24N2O3S. The zero-order chi connectivity index (χ0) is 19.9. The minimum absolute atomic E-state index is 0.0113. The fourth-order valence-electron chi connectivity index (χ4n) is 2.44. The first kappa shape index (κ1) is 20.7. The van der Waals surface area contributed by atoms with Gasteiger partial charge in [0.25, 0.3) is 5.91 Å². The van der Waals surface area contributed by atoms with Crippen molar-refractivity contribution < 1.29 is 13.2 Å². The zero-order valence-corrected chi connectivity index (χ0v) is 16.6. The van der Waals surface area contributed by atoms with Crippen LogP contribution in [-0.2, 0) is 16.4 Å². The van der Waals surface area contributed by atoms with Gasteiger partial charge in [0.15, 0.2) is 0 Å². The van der Waals surface area contributed by atoms with Crippen LogP contribution in [0.2, 0.25) is 0 Å². The standard InChI is InChI=1S/C21H24N2O3S/c1-4-6-17-10-14-20(15-11-17)27(25,26)22-16-5-7-18-8-12-19(13-9-18)21(24)23(2)3/h8-15,22H,4,6,16H2,1-3H3. The summed E-state index contributed by atoms with van der Waals surface area (Å²) < 4.78 is 27.0. The molecular weight excluding hydrogens is 360 g/mol. The number of carbonyl (C=O) groups is 1. The van der Waals surface area contributed by atoms with Gasteiger partial charge in [-0.1, -0.05) is 37.3 Å². The van der Waals surface area contributed by atoms with Gasteiger partial charge in [-0.3, -0.25) is 4.79 Å². The molecule has 142 valence electrons. The summed E-state index contributed by atoms with van der Waals surface area (Å²) in [6, 6.07) is 13.8. The highest BCUT2D eigenvalue weighted by Crippen LogP contribution is 2.11. The van der Waals surface area contributed by atoms with Crippen molar-refractivity contribution >= 4 is 15.9 Å². The highest BCUT2D eigenvalue weighted by molar-refractivity contribution is 7.89. The summed E-state index contributed by atoms with van der Waals surface area (Å²) in [5.74, 6) is 5.61. The van der Waals surface area contributed by atoms with E-state index in [-0.39, 0.29) is 17.3 Å². The number of nitrogens with one attached hydrogen (secondary N) is 1. The van der Waals surface area contributed by atoms with Gasteiger partial charge in [0, 0.05) is 25.2 Å². The van der Waals surface area contributed by atoms with Crippen molar-refractivity contribution in [1.82, 2.24) is 9.62 Å². The lowest BCUT2D eigenvalue weighted by Crippen LogP contribution is -2.24. The Balaban J connectivity index is 1.96. The van der Waals surface area contributed by atoms with E-state index in [1.54, 1.807) is 50.5 Å². The van der Waals surface area contributed by atoms with E-state index in [1.807, 2.05) is 12.1 Å². The van der Waals surface area contributed by atoms with Crippen molar-refractivity contribution in [3.63, 3.8) is 0 Å². The average molecular weight is 385 g/mol. The van der Waals surface area contributed by atoms with Crippen LogP contribution in [0.4, 0.5) is 0 Å². The summed E-state index contributed by atoms with van der Waals surface area (Å²) in [6.07, 6.45) is 1.95. The van der Waals surface area contributed by atoms with E-state index in [9.17, 15) is 13.2 Å². The molecule has 0 aliphatic heterocycles. The predicted octanol–water partition coefficient (Wildman–Crippen LogP) is 2.67. The monoisotopic (exact) mass is 384 g/mol. The van der Waals surface area contributed by atoms with Gasteiger partial charge in [0.2, 0.25) is 10.0 Å². The molecule has 1 amide bonds. The van der Waals surface area contributed by atoms with Crippen molar-refractivity contribution in [3.05, 3.63) is 65.2 Å². The van der Waals surface area contributed by atoms with E-state index in [0.29, 0.717) is 11.1 Å². The maximum atomic E-state index is 12.3. The van der Waals surface area contributed by atoms with Gasteiger partial charge in [-0.15, -0.1) is 0 Å². The molecule has 0 saturated carbocycles. The number of rotatable bonds is 6. The highest BCUT2D eigenvalue weighted by atomic mass is 32.2. The second-order valence-electron chi connectivity index (χ2n) is 6.30. The van der Waals surface area contributed by atoms with Gasteiger partial charge in [-0.25, -0.2) is 8.42 Å². The maximum absolute atomic E-state index is 12.3. The fraction of sp³-hybridized carbons (Fsp3) is 0.286. The van der Waals surface area contributed by atoms with Gasteiger partial charge in [0.05, 0.1) is 11.4 Å². The zero-order valence-electron chi connectivity index (χ0n) is 15.8. The van der Waals surface area contributed by atoms with Crippen LogP contribution >= 0.6 is 0 Å². The van der Waals surface area contributed by atoms with Gasteiger partial charge < -0.3 is 4.90 Å². The molecule has 0 spiro atoms. The van der Waals surface area contributed by atoms with Crippen LogP contribution in [-0.4, -0.2) is 39.9 Å². The van der Waals surface area contributed by atoms with Crippen molar-refractivity contribution in [1.29, 1.82) is 0 Å². The van der Waals surface area contributed by atoms with Crippen LogP contribution in [0.15, 0.2) is 53.4 Å². The topological polar surface area (TPSA) is 66.5 Å². The normalized spacial score (nSPS) is 10.8. The Morgan fingerprint density at radius 3 is 2.22 bits per heavy atom. The molecule has 0 aromatic heterocycles. The van der Waals surface area contributed by atoms with Crippen molar-refractivity contribution in [3.8, 4) is 11.8 Å². The van der Waals surface area contributed by atoms with Crippen LogP contribution in [0.1, 0.15) is 34.8 Å². The number of carbonyl (C=O) groups excluding carboxylic acids is 1. The van der Waals surface area contributed by atoms with Crippen LogP contribution < -0.4 is 4.72 Å². The van der Waals surface area contributed by atoms with E-state index < -0.39 is 10.0 Å². The van der Waals surface area contributed by atoms with E-state index in [2.05, 4.69) is 23.5 Å². The van der Waals surface area contributed by atoms with Crippen LogP contribution in [0.3, 0.4) is 0 Å². The lowest BCUT2D eigenvalue weighted by Gasteiger charge is -2.09. The van der Waals surface area contributed by atoms with Crippen LogP contribution in [0.5, 0.6) is 0 Å². The first-order chi connectivity index (χ1) is 12.8. The Bertz CT molecular complexity index is 936. The molecule has 0 aliphatic carbocycles. The minimum atomic E-state index is -3.58. The Morgan fingerprint density at radius 1 is 1.04 bits per heavy atom. The number of benzene rings is 2. The third-order valence-electron chi connectivity index (χ3n) is 3.89. The molecule has 0 bridgehead atoms. The number of aryl methyl sites for hydroxylation is 1. The molecule has 0 aliphatic rings. The largest absolute Gasteiger partial charge is 0.345 e. The fourth-order valence-corrected chi connectivity index (χ4v) is 3.36. The Kier molecular flexibility index (Phi) is 7.17. The number of nitrogens with zero attached hydrogens (tertiary/aromatic N) is 1. The number of amides is 1. The lowest BCUT2D eigenvalue weighted by atomic mass is 10.1. The molecule has 2 aromatic rings. The minimum Gasteiger partial charge on any atom is -0.345 e. The molecule has 0 atom stereocenters. The molecule has 2 aromatic carbocycles. The maximum Gasteiger partial charge on any atom is 0.253 e.